The Balaban J connectivity index is 1.88. The largest absolute Gasteiger partial charge is 0.355 e. The van der Waals surface area contributed by atoms with E-state index in [1.165, 1.54) is 23.1 Å². The molecule has 5 heteroatoms. The summed E-state index contributed by atoms with van der Waals surface area (Å²) in [7, 11) is 0. The van der Waals surface area contributed by atoms with E-state index in [-0.39, 0.29) is 0 Å². The minimum absolute atomic E-state index is 0.339. The van der Waals surface area contributed by atoms with E-state index in [0.717, 1.165) is 29.1 Å². The van der Waals surface area contributed by atoms with Gasteiger partial charge in [0.25, 0.3) is 0 Å². The fourth-order valence-electron chi connectivity index (χ4n) is 3.91. The first-order valence-electron chi connectivity index (χ1n) is 8.78. The van der Waals surface area contributed by atoms with E-state index in [0.29, 0.717) is 17.1 Å². The molecule has 1 saturated heterocycles. The summed E-state index contributed by atoms with van der Waals surface area (Å²) in [6.07, 6.45) is 1.27. The van der Waals surface area contributed by atoms with Crippen LogP contribution in [0.15, 0.2) is 29.6 Å². The minimum Gasteiger partial charge on any atom is -0.355 e. The zero-order valence-corrected chi connectivity index (χ0v) is 16.4. The van der Waals surface area contributed by atoms with Crippen LogP contribution in [0.4, 0.5) is 5.82 Å². The third-order valence-electron chi connectivity index (χ3n) is 4.92. The summed E-state index contributed by atoms with van der Waals surface area (Å²) in [6, 6.07) is 8.66. The van der Waals surface area contributed by atoms with Crippen molar-refractivity contribution in [2.45, 2.75) is 27.2 Å². The predicted molar refractivity (Wildman–Crippen MR) is 108 cm³/mol. The van der Waals surface area contributed by atoms with Gasteiger partial charge in [-0.2, -0.15) is 4.98 Å². The molecular formula is C20H22ClN3S. The molecule has 0 N–H and O–H groups in total. The number of hydrogen-bond donors (Lipinski definition) is 0. The lowest BCUT2D eigenvalue weighted by Gasteiger charge is -2.36. The SMILES string of the molecule is Cc1ccc(-c2csc3nc(Cl)nc(N4CC(C)CC(C)C4)c23)cc1. The Hall–Kier alpha value is -1.65. The second-order valence-electron chi connectivity index (χ2n) is 7.36. The van der Waals surface area contributed by atoms with Crippen LogP contribution in [0.5, 0.6) is 0 Å². The maximum atomic E-state index is 6.25. The number of rotatable bonds is 2. The summed E-state index contributed by atoms with van der Waals surface area (Å²) in [5.41, 5.74) is 3.68. The van der Waals surface area contributed by atoms with Crippen molar-refractivity contribution >= 4 is 39.0 Å². The number of piperidine rings is 1. The molecule has 3 aromatic rings. The number of anilines is 1. The number of fused-ring (bicyclic) bond motifs is 1. The summed E-state index contributed by atoms with van der Waals surface area (Å²) in [5, 5.41) is 3.66. The first kappa shape index (κ1) is 16.8. The standard InChI is InChI=1S/C20H22ClN3S/c1-12-4-6-15(7-5-12)16-11-25-19-17(16)18(22-20(21)23-19)24-9-13(2)8-14(3)10-24/h4-7,11,13-14H,8-10H2,1-3H3. The Kier molecular flexibility index (Phi) is 4.42. The molecule has 0 saturated carbocycles. The topological polar surface area (TPSA) is 29.0 Å². The summed E-state index contributed by atoms with van der Waals surface area (Å²) in [4.78, 5) is 12.5. The van der Waals surface area contributed by atoms with Gasteiger partial charge >= 0.3 is 0 Å². The number of halogens is 1. The molecule has 3 nitrogen and oxygen atoms in total. The van der Waals surface area contributed by atoms with Crippen LogP contribution in [-0.4, -0.2) is 23.1 Å². The van der Waals surface area contributed by atoms with Gasteiger partial charge in [0.15, 0.2) is 0 Å². The summed E-state index contributed by atoms with van der Waals surface area (Å²) in [6.45, 7) is 8.79. The van der Waals surface area contributed by atoms with Crippen molar-refractivity contribution < 1.29 is 0 Å². The Morgan fingerprint density at radius 3 is 2.44 bits per heavy atom. The van der Waals surface area contributed by atoms with Crippen LogP contribution in [-0.2, 0) is 0 Å². The molecule has 0 radical (unpaired) electrons. The average Bonchev–Trinajstić information content (AvgIpc) is 2.97. The third kappa shape index (κ3) is 3.25. The molecule has 3 heterocycles. The maximum absolute atomic E-state index is 6.25. The number of benzene rings is 1. The Morgan fingerprint density at radius 2 is 1.76 bits per heavy atom. The van der Waals surface area contributed by atoms with Gasteiger partial charge in [-0.05, 0) is 42.3 Å². The van der Waals surface area contributed by atoms with Crippen LogP contribution in [0.25, 0.3) is 21.3 Å². The van der Waals surface area contributed by atoms with Crippen LogP contribution in [0.1, 0.15) is 25.8 Å². The first-order chi connectivity index (χ1) is 12.0. The van der Waals surface area contributed by atoms with Gasteiger partial charge in [-0.15, -0.1) is 11.3 Å². The molecule has 2 aromatic heterocycles. The van der Waals surface area contributed by atoms with E-state index >= 15 is 0 Å². The fourth-order valence-corrected chi connectivity index (χ4v) is 5.06. The monoisotopic (exact) mass is 371 g/mol. The lowest BCUT2D eigenvalue weighted by Crippen LogP contribution is -2.39. The molecule has 130 valence electrons. The molecule has 4 rings (SSSR count). The lowest BCUT2D eigenvalue weighted by molar-refractivity contribution is 0.356. The van der Waals surface area contributed by atoms with Crippen LogP contribution in [0, 0.1) is 18.8 Å². The highest BCUT2D eigenvalue weighted by atomic mass is 35.5. The number of nitrogens with zero attached hydrogens (tertiary/aromatic N) is 3. The van der Waals surface area contributed by atoms with Gasteiger partial charge in [-0.25, -0.2) is 4.98 Å². The van der Waals surface area contributed by atoms with Gasteiger partial charge < -0.3 is 4.90 Å². The molecule has 0 amide bonds. The molecule has 1 aliphatic heterocycles. The van der Waals surface area contributed by atoms with Crippen LogP contribution < -0.4 is 4.90 Å². The Morgan fingerprint density at radius 1 is 1.08 bits per heavy atom. The first-order valence-corrected chi connectivity index (χ1v) is 10.0. The van der Waals surface area contributed by atoms with E-state index in [1.807, 2.05) is 0 Å². The summed E-state index contributed by atoms with van der Waals surface area (Å²) < 4.78 is 0. The smallest absolute Gasteiger partial charge is 0.225 e. The lowest BCUT2D eigenvalue weighted by atomic mass is 9.91. The van der Waals surface area contributed by atoms with Crippen molar-refractivity contribution in [3.8, 4) is 11.1 Å². The second kappa shape index (κ2) is 6.58. The van der Waals surface area contributed by atoms with Crippen molar-refractivity contribution in [2.24, 2.45) is 11.8 Å². The van der Waals surface area contributed by atoms with Crippen LogP contribution >= 0.6 is 22.9 Å². The van der Waals surface area contributed by atoms with Crippen molar-refractivity contribution in [1.82, 2.24) is 9.97 Å². The van der Waals surface area contributed by atoms with Gasteiger partial charge in [0.1, 0.15) is 10.6 Å². The number of thiophene rings is 1. The minimum atomic E-state index is 0.339. The van der Waals surface area contributed by atoms with Gasteiger partial charge in [0.05, 0.1) is 5.39 Å². The Bertz CT molecular complexity index is 893. The van der Waals surface area contributed by atoms with Gasteiger partial charge in [0.2, 0.25) is 5.28 Å². The van der Waals surface area contributed by atoms with Gasteiger partial charge in [0, 0.05) is 24.0 Å². The maximum Gasteiger partial charge on any atom is 0.225 e. The zero-order valence-electron chi connectivity index (χ0n) is 14.8. The fraction of sp³-hybridized carbons (Fsp3) is 0.400. The van der Waals surface area contributed by atoms with Crippen LogP contribution in [0.2, 0.25) is 5.28 Å². The van der Waals surface area contributed by atoms with E-state index in [2.05, 4.69) is 65.3 Å². The molecule has 0 aliphatic carbocycles. The van der Waals surface area contributed by atoms with Crippen molar-refractivity contribution in [3.05, 3.63) is 40.5 Å². The quantitative estimate of drug-likeness (QED) is 0.533. The van der Waals surface area contributed by atoms with E-state index in [9.17, 15) is 0 Å². The molecule has 1 aromatic carbocycles. The van der Waals surface area contributed by atoms with Gasteiger partial charge in [-0.1, -0.05) is 43.7 Å². The second-order valence-corrected chi connectivity index (χ2v) is 8.56. The van der Waals surface area contributed by atoms with E-state index < -0.39 is 0 Å². The highest BCUT2D eigenvalue weighted by molar-refractivity contribution is 7.17. The predicted octanol–water partition coefficient (Wildman–Crippen LogP) is 5.80. The zero-order chi connectivity index (χ0) is 17.6. The van der Waals surface area contributed by atoms with E-state index in [4.69, 9.17) is 11.6 Å². The number of aryl methyl sites for hydroxylation is 1. The van der Waals surface area contributed by atoms with Crippen molar-refractivity contribution in [1.29, 1.82) is 0 Å². The molecule has 2 unspecified atom stereocenters. The molecule has 0 bridgehead atoms. The molecule has 25 heavy (non-hydrogen) atoms. The van der Waals surface area contributed by atoms with E-state index in [1.54, 1.807) is 11.3 Å². The molecule has 1 aliphatic rings. The summed E-state index contributed by atoms with van der Waals surface area (Å²) >= 11 is 7.89. The highest BCUT2D eigenvalue weighted by Crippen LogP contribution is 2.40. The van der Waals surface area contributed by atoms with Crippen molar-refractivity contribution in [2.75, 3.05) is 18.0 Å². The molecule has 2 atom stereocenters. The highest BCUT2D eigenvalue weighted by Gasteiger charge is 2.26. The number of aromatic nitrogens is 2. The average molecular weight is 372 g/mol. The van der Waals surface area contributed by atoms with Crippen LogP contribution in [0.3, 0.4) is 0 Å². The third-order valence-corrected chi connectivity index (χ3v) is 5.96. The molecular weight excluding hydrogens is 350 g/mol. The number of hydrogen-bond acceptors (Lipinski definition) is 4. The van der Waals surface area contributed by atoms with Gasteiger partial charge in [-0.3, -0.25) is 0 Å². The Labute approximate surface area is 157 Å². The summed E-state index contributed by atoms with van der Waals surface area (Å²) in [5.74, 6) is 2.31. The normalized spacial score (nSPS) is 21.0. The molecule has 1 fully saturated rings. The molecule has 0 spiro atoms. The van der Waals surface area contributed by atoms with Crippen molar-refractivity contribution in [3.63, 3.8) is 0 Å².